The average molecular weight is 410 g/mol. The lowest BCUT2D eigenvalue weighted by molar-refractivity contribution is -0.138. The first-order valence-electron chi connectivity index (χ1n) is 9.07. The molecule has 0 saturated carbocycles. The molecule has 0 saturated heterocycles. The van der Waals surface area contributed by atoms with Crippen molar-refractivity contribution >= 4 is 23.6 Å². The molecular formula is C22H22N2O4S. The van der Waals surface area contributed by atoms with Gasteiger partial charge in [-0.3, -0.25) is 4.79 Å². The van der Waals surface area contributed by atoms with E-state index in [1.807, 2.05) is 43.3 Å². The highest BCUT2D eigenvalue weighted by Gasteiger charge is 2.27. The van der Waals surface area contributed by atoms with Gasteiger partial charge in [0, 0.05) is 36.4 Å². The first kappa shape index (κ1) is 20.7. The minimum Gasteiger partial charge on any atom is -0.444 e. The molecule has 0 aliphatic carbocycles. The van der Waals surface area contributed by atoms with Crippen LogP contribution in [-0.4, -0.2) is 36.0 Å². The fourth-order valence-corrected chi connectivity index (χ4v) is 3.61. The quantitative estimate of drug-likeness (QED) is 0.428. The third-order valence-electron chi connectivity index (χ3n) is 4.15. The molecule has 1 atom stereocenters. The maximum Gasteiger partial charge on any atom is 0.340 e. The van der Waals surface area contributed by atoms with Crippen LogP contribution in [0.4, 0.5) is 0 Å². The van der Waals surface area contributed by atoms with Crippen LogP contribution in [0.2, 0.25) is 0 Å². The van der Waals surface area contributed by atoms with Crippen molar-refractivity contribution in [2.75, 3.05) is 14.1 Å². The Morgan fingerprint density at radius 3 is 2.45 bits per heavy atom. The number of benzene rings is 2. The average Bonchev–Trinajstić information content (AvgIpc) is 3.15. The van der Waals surface area contributed by atoms with Crippen molar-refractivity contribution in [3.8, 4) is 0 Å². The zero-order valence-corrected chi connectivity index (χ0v) is 17.3. The van der Waals surface area contributed by atoms with Gasteiger partial charge in [0.2, 0.25) is 6.10 Å². The van der Waals surface area contributed by atoms with Crippen molar-refractivity contribution in [3.63, 3.8) is 0 Å². The molecule has 0 spiro atoms. The van der Waals surface area contributed by atoms with Gasteiger partial charge in [-0.1, -0.05) is 47.6 Å². The molecule has 1 heterocycles. The highest BCUT2D eigenvalue weighted by atomic mass is 32.2. The van der Waals surface area contributed by atoms with Crippen molar-refractivity contribution in [1.82, 2.24) is 10.1 Å². The standard InChI is InChI=1S/C22H22N2O4S/c1-15-13-17(23-28-15)14-29-19-12-8-7-11-18(19)22(26)27-20(21(25)24(2)3)16-9-5-4-6-10-16/h4-13,20H,14H2,1-3H3/t20-/m0/s1. The summed E-state index contributed by atoms with van der Waals surface area (Å²) in [5.74, 6) is 0.447. The van der Waals surface area contributed by atoms with E-state index >= 15 is 0 Å². The summed E-state index contributed by atoms with van der Waals surface area (Å²) < 4.78 is 10.7. The Balaban J connectivity index is 1.80. The van der Waals surface area contributed by atoms with Crippen LogP contribution >= 0.6 is 11.8 Å². The van der Waals surface area contributed by atoms with Gasteiger partial charge >= 0.3 is 5.97 Å². The second kappa shape index (κ2) is 9.43. The van der Waals surface area contributed by atoms with Crippen LogP contribution in [0.5, 0.6) is 0 Å². The number of likely N-dealkylation sites (N-methyl/N-ethyl adjacent to an activating group) is 1. The fraction of sp³-hybridized carbons (Fsp3) is 0.227. The minimum absolute atomic E-state index is 0.298. The van der Waals surface area contributed by atoms with Crippen LogP contribution in [0, 0.1) is 6.92 Å². The number of amides is 1. The molecule has 29 heavy (non-hydrogen) atoms. The predicted molar refractivity (Wildman–Crippen MR) is 111 cm³/mol. The van der Waals surface area contributed by atoms with E-state index in [4.69, 9.17) is 9.26 Å². The van der Waals surface area contributed by atoms with Crippen molar-refractivity contribution in [3.05, 3.63) is 83.2 Å². The Hall–Kier alpha value is -3.06. The normalized spacial score (nSPS) is 11.7. The van der Waals surface area contributed by atoms with Gasteiger partial charge < -0.3 is 14.2 Å². The van der Waals surface area contributed by atoms with Gasteiger partial charge in [0.15, 0.2) is 0 Å². The van der Waals surface area contributed by atoms with Gasteiger partial charge in [0.05, 0.1) is 11.3 Å². The Morgan fingerprint density at radius 1 is 1.10 bits per heavy atom. The molecule has 6 nitrogen and oxygen atoms in total. The second-order valence-electron chi connectivity index (χ2n) is 6.64. The highest BCUT2D eigenvalue weighted by molar-refractivity contribution is 7.98. The number of nitrogens with zero attached hydrogens (tertiary/aromatic N) is 2. The van der Waals surface area contributed by atoms with Gasteiger partial charge in [0.1, 0.15) is 5.76 Å². The van der Waals surface area contributed by atoms with Crippen LogP contribution < -0.4 is 0 Å². The van der Waals surface area contributed by atoms with Gasteiger partial charge in [-0.15, -0.1) is 11.8 Å². The highest BCUT2D eigenvalue weighted by Crippen LogP contribution is 2.29. The molecule has 0 aliphatic rings. The number of carbonyl (C=O) groups is 2. The summed E-state index contributed by atoms with van der Waals surface area (Å²) >= 11 is 1.46. The van der Waals surface area contributed by atoms with E-state index in [0.29, 0.717) is 16.9 Å². The van der Waals surface area contributed by atoms with E-state index in [0.717, 1.165) is 16.3 Å². The van der Waals surface area contributed by atoms with Gasteiger partial charge in [-0.25, -0.2) is 4.79 Å². The molecule has 150 valence electrons. The van der Waals surface area contributed by atoms with Crippen LogP contribution in [0.3, 0.4) is 0 Å². The van der Waals surface area contributed by atoms with Gasteiger partial charge in [0.25, 0.3) is 5.91 Å². The molecule has 0 unspecified atom stereocenters. The van der Waals surface area contributed by atoms with Gasteiger partial charge in [-0.2, -0.15) is 0 Å². The van der Waals surface area contributed by atoms with Crippen LogP contribution in [0.1, 0.15) is 33.5 Å². The molecule has 0 aliphatic heterocycles. The Kier molecular flexibility index (Phi) is 6.72. The molecule has 0 radical (unpaired) electrons. The summed E-state index contributed by atoms with van der Waals surface area (Å²) in [6, 6.07) is 18.0. The lowest BCUT2D eigenvalue weighted by Gasteiger charge is -2.21. The fourth-order valence-electron chi connectivity index (χ4n) is 2.69. The van der Waals surface area contributed by atoms with Crippen LogP contribution in [0.25, 0.3) is 0 Å². The van der Waals surface area contributed by atoms with E-state index < -0.39 is 12.1 Å². The Bertz CT molecular complexity index is 985. The first-order valence-corrected chi connectivity index (χ1v) is 10.1. The molecule has 3 aromatic rings. The summed E-state index contributed by atoms with van der Waals surface area (Å²) in [6.07, 6.45) is -1.00. The Labute approximate surface area is 173 Å². The molecule has 2 aromatic carbocycles. The van der Waals surface area contributed by atoms with E-state index in [1.165, 1.54) is 16.7 Å². The molecule has 0 bridgehead atoms. The summed E-state index contributed by atoms with van der Waals surface area (Å²) in [7, 11) is 3.27. The van der Waals surface area contributed by atoms with Crippen molar-refractivity contribution < 1.29 is 18.8 Å². The SMILES string of the molecule is Cc1cc(CSc2ccccc2C(=O)O[C@H](C(=O)N(C)C)c2ccccc2)no1. The van der Waals surface area contributed by atoms with E-state index in [1.54, 1.807) is 38.4 Å². The number of rotatable bonds is 7. The van der Waals surface area contributed by atoms with E-state index in [9.17, 15) is 9.59 Å². The summed E-state index contributed by atoms with van der Waals surface area (Å²) in [5.41, 5.74) is 1.83. The molecular weight excluding hydrogens is 388 g/mol. The van der Waals surface area contributed by atoms with Crippen LogP contribution in [0.15, 0.2) is 70.1 Å². The monoisotopic (exact) mass is 410 g/mol. The molecule has 1 amide bonds. The van der Waals surface area contributed by atoms with Crippen molar-refractivity contribution in [2.45, 2.75) is 23.7 Å². The summed E-state index contributed by atoms with van der Waals surface area (Å²) in [4.78, 5) is 27.8. The molecule has 1 aromatic heterocycles. The zero-order valence-electron chi connectivity index (χ0n) is 16.5. The number of ether oxygens (including phenoxy) is 1. The van der Waals surface area contributed by atoms with Crippen LogP contribution in [-0.2, 0) is 15.3 Å². The van der Waals surface area contributed by atoms with Gasteiger partial charge in [-0.05, 0) is 19.1 Å². The summed E-state index contributed by atoms with van der Waals surface area (Å²) in [6.45, 7) is 1.83. The molecule has 7 heteroatoms. The first-order chi connectivity index (χ1) is 14.0. The van der Waals surface area contributed by atoms with Crippen molar-refractivity contribution in [1.29, 1.82) is 0 Å². The minimum atomic E-state index is -1.00. The second-order valence-corrected chi connectivity index (χ2v) is 7.66. The number of hydrogen-bond donors (Lipinski definition) is 0. The Morgan fingerprint density at radius 2 is 1.79 bits per heavy atom. The number of esters is 1. The maximum absolute atomic E-state index is 13.0. The van der Waals surface area contributed by atoms with E-state index in [-0.39, 0.29) is 5.91 Å². The lowest BCUT2D eigenvalue weighted by Crippen LogP contribution is -2.31. The maximum atomic E-state index is 13.0. The molecule has 3 rings (SSSR count). The number of aromatic nitrogens is 1. The number of thioether (sulfide) groups is 1. The van der Waals surface area contributed by atoms with E-state index in [2.05, 4.69) is 5.16 Å². The number of carbonyl (C=O) groups excluding carboxylic acids is 2. The third kappa shape index (κ3) is 5.26. The zero-order chi connectivity index (χ0) is 20.8. The number of aryl methyl sites for hydroxylation is 1. The largest absolute Gasteiger partial charge is 0.444 e. The molecule has 0 fully saturated rings. The molecule has 0 N–H and O–H groups in total. The predicted octanol–water partition coefficient (Wildman–Crippen LogP) is 4.26. The lowest BCUT2D eigenvalue weighted by atomic mass is 10.1. The summed E-state index contributed by atoms with van der Waals surface area (Å²) in [5, 5.41) is 3.97. The van der Waals surface area contributed by atoms with Crippen molar-refractivity contribution in [2.24, 2.45) is 0 Å². The third-order valence-corrected chi connectivity index (χ3v) is 5.26. The topological polar surface area (TPSA) is 72.6 Å². The number of hydrogen-bond acceptors (Lipinski definition) is 6. The smallest absolute Gasteiger partial charge is 0.340 e.